The number of hydrogen-bond acceptors (Lipinski definition) is 6. The lowest BCUT2D eigenvalue weighted by Gasteiger charge is -2.25. The highest BCUT2D eigenvalue weighted by Crippen LogP contribution is 2.17. The van der Waals surface area contributed by atoms with E-state index >= 15 is 0 Å². The summed E-state index contributed by atoms with van der Waals surface area (Å²) in [6.07, 6.45) is 0.663. The topological polar surface area (TPSA) is 125 Å². The van der Waals surface area contributed by atoms with Crippen LogP contribution >= 0.6 is 0 Å². The number of benzene rings is 1. The summed E-state index contributed by atoms with van der Waals surface area (Å²) < 4.78 is 17.6. The quantitative estimate of drug-likeness (QED) is 0.419. The average molecular weight is 380 g/mol. The van der Waals surface area contributed by atoms with Crippen LogP contribution in [0.3, 0.4) is 0 Å². The molecule has 3 atom stereocenters. The van der Waals surface area contributed by atoms with Crippen molar-refractivity contribution in [2.75, 3.05) is 19.1 Å². The van der Waals surface area contributed by atoms with Crippen LogP contribution in [0, 0.1) is 0 Å². The number of carboxylic acids is 2. The monoisotopic (exact) mass is 380 g/mol. The molecular weight excluding hydrogens is 360 g/mol. The Morgan fingerprint density at radius 1 is 1.35 bits per heavy atom. The second-order valence-electron chi connectivity index (χ2n) is 5.61. The van der Waals surface area contributed by atoms with E-state index in [2.05, 4.69) is 16.9 Å². The second kappa shape index (κ2) is 9.37. The van der Waals surface area contributed by atoms with E-state index in [4.69, 9.17) is 9.84 Å². The number of nitrogens with zero attached hydrogens (tertiary/aromatic N) is 1. The lowest BCUT2D eigenvalue weighted by atomic mass is 10.2. The minimum absolute atomic E-state index is 0.0869. The summed E-state index contributed by atoms with van der Waals surface area (Å²) in [5.74, 6) is -2.73. The molecule has 1 aromatic carbocycles. The molecule has 1 aliphatic rings. The van der Waals surface area contributed by atoms with E-state index in [0.29, 0.717) is 13.0 Å². The standard InChI is InChI=1S/C17H20N2O6S/c1-11-9-26(24)15(19-13(11)16(20)21)14(17(22)23)18-10-25-8-7-12-5-3-2-4-6-12/h2-6,14-15,18H,1,7-10H2,(H,20,21)(H,22,23). The summed E-state index contributed by atoms with van der Waals surface area (Å²) in [4.78, 5) is 26.5. The van der Waals surface area contributed by atoms with Crippen molar-refractivity contribution in [1.82, 2.24) is 5.32 Å². The highest BCUT2D eigenvalue weighted by atomic mass is 32.2. The van der Waals surface area contributed by atoms with Gasteiger partial charge in [0, 0.05) is 0 Å². The van der Waals surface area contributed by atoms with Gasteiger partial charge in [-0.3, -0.25) is 19.3 Å². The maximum absolute atomic E-state index is 12.2. The number of hydrogen-bond donors (Lipinski definition) is 3. The summed E-state index contributed by atoms with van der Waals surface area (Å²) in [6, 6.07) is 8.33. The Balaban J connectivity index is 1.93. The molecule has 1 aromatic rings. The van der Waals surface area contributed by atoms with E-state index in [-0.39, 0.29) is 23.8 Å². The zero-order valence-corrected chi connectivity index (χ0v) is 14.8. The molecule has 0 saturated carbocycles. The zero-order valence-electron chi connectivity index (χ0n) is 14.0. The molecule has 8 nitrogen and oxygen atoms in total. The molecule has 0 amide bonds. The number of aliphatic carboxylic acids is 2. The first kappa shape index (κ1) is 20.0. The highest BCUT2D eigenvalue weighted by Gasteiger charge is 2.37. The first-order valence-corrected chi connectivity index (χ1v) is 9.22. The maximum atomic E-state index is 12.2. The van der Waals surface area contributed by atoms with Crippen LogP contribution < -0.4 is 5.32 Å². The van der Waals surface area contributed by atoms with Gasteiger partial charge in [0.25, 0.3) is 0 Å². The van der Waals surface area contributed by atoms with Gasteiger partial charge in [-0.25, -0.2) is 4.79 Å². The smallest absolute Gasteiger partial charge is 0.354 e. The van der Waals surface area contributed by atoms with Gasteiger partial charge in [-0.1, -0.05) is 36.9 Å². The van der Waals surface area contributed by atoms with Crippen LogP contribution in [-0.4, -0.2) is 62.6 Å². The van der Waals surface area contributed by atoms with Crippen molar-refractivity contribution in [3.05, 3.63) is 48.0 Å². The molecule has 3 unspecified atom stereocenters. The number of aliphatic imine (C=N–C) groups is 1. The summed E-state index contributed by atoms with van der Waals surface area (Å²) in [5.41, 5.74) is 0.868. The van der Waals surface area contributed by atoms with Crippen molar-refractivity contribution in [2.24, 2.45) is 4.99 Å². The minimum atomic E-state index is -1.68. The number of rotatable bonds is 9. The molecule has 0 fully saturated rings. The van der Waals surface area contributed by atoms with Crippen LogP contribution in [0.15, 0.2) is 47.5 Å². The van der Waals surface area contributed by atoms with Crippen LogP contribution in [0.4, 0.5) is 0 Å². The van der Waals surface area contributed by atoms with Crippen molar-refractivity contribution >= 4 is 28.4 Å². The van der Waals surface area contributed by atoms with Crippen LogP contribution in [0.1, 0.15) is 5.56 Å². The summed E-state index contributed by atoms with van der Waals surface area (Å²) in [5, 5.41) is 19.9. The molecule has 9 heteroatoms. The third-order valence-corrected chi connectivity index (χ3v) is 5.26. The fraction of sp³-hybridized carbons (Fsp3) is 0.353. The minimum Gasteiger partial charge on any atom is -0.480 e. The third-order valence-electron chi connectivity index (χ3n) is 3.71. The Morgan fingerprint density at radius 3 is 2.65 bits per heavy atom. The summed E-state index contributed by atoms with van der Waals surface area (Å²) >= 11 is 0. The molecule has 0 spiro atoms. The molecule has 0 saturated heterocycles. The number of nitrogens with one attached hydrogen (secondary N) is 1. The summed E-state index contributed by atoms with van der Waals surface area (Å²) in [6.45, 7) is 3.81. The molecule has 0 aliphatic carbocycles. The van der Waals surface area contributed by atoms with E-state index in [1.807, 2.05) is 30.3 Å². The average Bonchev–Trinajstić information content (AvgIpc) is 2.59. The van der Waals surface area contributed by atoms with Gasteiger partial charge in [-0.05, 0) is 17.6 Å². The fourth-order valence-electron chi connectivity index (χ4n) is 2.40. The van der Waals surface area contributed by atoms with E-state index in [0.717, 1.165) is 5.56 Å². The molecule has 140 valence electrons. The molecule has 2 rings (SSSR count). The molecule has 26 heavy (non-hydrogen) atoms. The SMILES string of the molecule is C=C1CS(=O)C(C(NCOCCc2ccccc2)C(=O)O)N=C1C(=O)O. The Morgan fingerprint density at radius 2 is 2.04 bits per heavy atom. The molecular formula is C17H20N2O6S. The van der Waals surface area contributed by atoms with Crippen LogP contribution in [0.25, 0.3) is 0 Å². The molecule has 1 heterocycles. The molecule has 3 N–H and O–H groups in total. The van der Waals surface area contributed by atoms with E-state index in [9.17, 15) is 18.9 Å². The van der Waals surface area contributed by atoms with Crippen molar-refractivity contribution in [3.8, 4) is 0 Å². The Bertz CT molecular complexity index is 734. The van der Waals surface area contributed by atoms with Crippen molar-refractivity contribution in [1.29, 1.82) is 0 Å². The predicted octanol–water partition coefficient (Wildman–Crippen LogP) is 0.416. The van der Waals surface area contributed by atoms with Crippen LogP contribution in [-0.2, 0) is 31.5 Å². The van der Waals surface area contributed by atoms with Crippen molar-refractivity contribution in [2.45, 2.75) is 17.8 Å². The van der Waals surface area contributed by atoms with Crippen molar-refractivity contribution in [3.63, 3.8) is 0 Å². The maximum Gasteiger partial charge on any atom is 0.354 e. The van der Waals surface area contributed by atoms with Gasteiger partial charge < -0.3 is 14.9 Å². The Hall–Kier alpha value is -2.36. The highest BCUT2D eigenvalue weighted by molar-refractivity contribution is 7.86. The number of ether oxygens (including phenoxy) is 1. The van der Waals surface area contributed by atoms with E-state index < -0.39 is 34.2 Å². The zero-order chi connectivity index (χ0) is 19.1. The van der Waals surface area contributed by atoms with Gasteiger partial charge in [0.05, 0.1) is 29.9 Å². The second-order valence-corrected chi connectivity index (χ2v) is 7.14. The first-order valence-electron chi connectivity index (χ1n) is 7.84. The van der Waals surface area contributed by atoms with Crippen LogP contribution in [0.2, 0.25) is 0 Å². The Kier molecular flexibility index (Phi) is 7.19. The van der Waals surface area contributed by atoms with Gasteiger partial charge in [0.2, 0.25) is 0 Å². The number of carbonyl (C=O) groups is 2. The molecule has 0 radical (unpaired) electrons. The largest absolute Gasteiger partial charge is 0.480 e. The summed E-state index contributed by atoms with van der Waals surface area (Å²) in [7, 11) is -1.68. The Labute approximate surface area is 153 Å². The fourth-order valence-corrected chi connectivity index (χ4v) is 3.79. The van der Waals surface area contributed by atoms with Crippen molar-refractivity contribution < 1.29 is 28.7 Å². The van der Waals surface area contributed by atoms with Crippen LogP contribution in [0.5, 0.6) is 0 Å². The normalized spacial score (nSPS) is 21.1. The van der Waals surface area contributed by atoms with E-state index in [1.54, 1.807) is 0 Å². The van der Waals surface area contributed by atoms with Gasteiger partial charge in [-0.2, -0.15) is 0 Å². The van der Waals surface area contributed by atoms with Gasteiger partial charge in [0.15, 0.2) is 5.37 Å². The molecule has 1 aliphatic heterocycles. The lowest BCUT2D eigenvalue weighted by Crippen LogP contribution is -2.50. The van der Waals surface area contributed by atoms with E-state index in [1.165, 1.54) is 0 Å². The first-order chi connectivity index (χ1) is 12.4. The van der Waals surface area contributed by atoms with Gasteiger partial charge in [0.1, 0.15) is 11.8 Å². The third kappa shape index (κ3) is 5.32. The predicted molar refractivity (Wildman–Crippen MR) is 96.5 cm³/mol. The van der Waals surface area contributed by atoms with Gasteiger partial charge in [-0.15, -0.1) is 0 Å². The van der Waals surface area contributed by atoms with Gasteiger partial charge >= 0.3 is 11.9 Å². The number of carboxylic acid groups (broad SMARTS) is 2. The lowest BCUT2D eigenvalue weighted by molar-refractivity contribution is -0.140. The molecule has 0 aromatic heterocycles. The molecule has 0 bridgehead atoms.